The van der Waals surface area contributed by atoms with Crippen LogP contribution in [0.4, 0.5) is 13.2 Å². The average molecular weight is 149 g/mol. The van der Waals surface area contributed by atoms with Gasteiger partial charge >= 0.3 is 6.18 Å². The van der Waals surface area contributed by atoms with Crippen molar-refractivity contribution in [1.82, 2.24) is 0 Å². The number of alkyl halides is 3. The Balaban J connectivity index is 4.11. The summed E-state index contributed by atoms with van der Waals surface area (Å²) in [6.45, 7) is 5.73. The van der Waals surface area contributed by atoms with Gasteiger partial charge in [0.1, 0.15) is 0 Å². The molecule has 56 valence electrons. The van der Waals surface area contributed by atoms with Gasteiger partial charge in [0, 0.05) is 11.8 Å². The summed E-state index contributed by atoms with van der Waals surface area (Å²) in [4.78, 5) is 3.10. The molecule has 0 unspecified atom stereocenters. The summed E-state index contributed by atoms with van der Waals surface area (Å²) in [6, 6.07) is 0. The highest BCUT2D eigenvalue weighted by atomic mass is 19.4. The quantitative estimate of drug-likeness (QED) is 0.422. The van der Waals surface area contributed by atoms with E-state index in [0.29, 0.717) is 0 Å². The van der Waals surface area contributed by atoms with Crippen molar-refractivity contribution in [3.63, 3.8) is 0 Å². The minimum Gasteiger partial charge on any atom is -0.272 e. The first-order chi connectivity index (χ1) is 4.48. The topological polar surface area (TPSA) is 12.4 Å². The zero-order chi connectivity index (χ0) is 8.20. The van der Waals surface area contributed by atoms with Gasteiger partial charge in [-0.2, -0.15) is 13.2 Å². The molecule has 0 aliphatic rings. The molecule has 0 aromatic rings. The summed E-state index contributed by atoms with van der Waals surface area (Å²) < 4.78 is 34.7. The van der Waals surface area contributed by atoms with E-state index in [-0.39, 0.29) is 0 Å². The molecule has 0 bridgehead atoms. The van der Waals surface area contributed by atoms with Gasteiger partial charge in [0.25, 0.3) is 0 Å². The van der Waals surface area contributed by atoms with Crippen LogP contribution in [0.5, 0.6) is 0 Å². The molecule has 0 amide bonds. The van der Waals surface area contributed by atoms with Crippen LogP contribution in [0, 0.1) is 0 Å². The van der Waals surface area contributed by atoms with Gasteiger partial charge in [-0.05, 0) is 12.8 Å². The van der Waals surface area contributed by atoms with Gasteiger partial charge in [-0.3, -0.25) is 4.99 Å². The van der Waals surface area contributed by atoms with Crippen molar-refractivity contribution in [3.05, 3.63) is 24.4 Å². The van der Waals surface area contributed by atoms with Crippen molar-refractivity contribution in [2.24, 2.45) is 4.99 Å². The first kappa shape index (κ1) is 8.94. The molecule has 1 nitrogen and oxygen atoms in total. The lowest BCUT2D eigenvalue weighted by Crippen LogP contribution is -2.08. The van der Waals surface area contributed by atoms with Gasteiger partial charge in [-0.1, -0.05) is 6.58 Å². The highest BCUT2D eigenvalue weighted by Crippen LogP contribution is 2.24. The second-order valence-electron chi connectivity index (χ2n) is 1.52. The fourth-order valence-corrected chi connectivity index (χ4v) is 0.237. The van der Waals surface area contributed by atoms with E-state index < -0.39 is 11.7 Å². The standard InChI is InChI=1S/C6H6F3N/c1-5(3-4-10-2)6(7,8)9/h3-4H,1-2H2/b4-3-. The molecule has 10 heavy (non-hydrogen) atoms. The molecule has 0 aliphatic carbocycles. The molecule has 0 fully saturated rings. The molecule has 0 heterocycles. The summed E-state index contributed by atoms with van der Waals surface area (Å²) in [5, 5.41) is 0. The Bertz CT molecular complexity index is 166. The van der Waals surface area contributed by atoms with E-state index in [1.807, 2.05) is 0 Å². The molecule has 0 N–H and O–H groups in total. The maximum Gasteiger partial charge on any atom is 0.415 e. The van der Waals surface area contributed by atoms with Gasteiger partial charge in [0.15, 0.2) is 0 Å². The zero-order valence-corrected chi connectivity index (χ0v) is 5.15. The predicted octanol–water partition coefficient (Wildman–Crippen LogP) is 2.32. The van der Waals surface area contributed by atoms with Gasteiger partial charge in [-0.15, -0.1) is 0 Å². The number of rotatable bonds is 2. The molecule has 0 atom stereocenters. The van der Waals surface area contributed by atoms with Crippen LogP contribution >= 0.6 is 0 Å². The van der Waals surface area contributed by atoms with E-state index in [9.17, 15) is 13.2 Å². The first-order valence-electron chi connectivity index (χ1n) is 2.37. The minimum absolute atomic E-state index is 0.757. The van der Waals surface area contributed by atoms with Gasteiger partial charge in [-0.25, -0.2) is 0 Å². The molecule has 0 aromatic carbocycles. The number of aliphatic imine (C=N–C) groups is 1. The monoisotopic (exact) mass is 149 g/mol. The summed E-state index contributed by atoms with van der Waals surface area (Å²) in [5.74, 6) is 0. The maximum atomic E-state index is 11.6. The number of allylic oxidation sites excluding steroid dienone is 2. The van der Waals surface area contributed by atoms with Crippen LogP contribution in [-0.2, 0) is 0 Å². The molecule has 0 saturated carbocycles. The highest BCUT2D eigenvalue weighted by molar-refractivity contribution is 5.28. The van der Waals surface area contributed by atoms with Gasteiger partial charge in [0.2, 0.25) is 0 Å². The van der Waals surface area contributed by atoms with Crippen molar-refractivity contribution in [1.29, 1.82) is 0 Å². The van der Waals surface area contributed by atoms with Crippen molar-refractivity contribution in [2.45, 2.75) is 6.18 Å². The minimum atomic E-state index is -4.36. The van der Waals surface area contributed by atoms with Crippen LogP contribution in [0.25, 0.3) is 0 Å². The van der Waals surface area contributed by atoms with E-state index in [0.717, 1.165) is 12.3 Å². The zero-order valence-electron chi connectivity index (χ0n) is 5.15. The predicted molar refractivity (Wildman–Crippen MR) is 33.9 cm³/mol. The third-order valence-corrected chi connectivity index (χ3v) is 0.745. The fourth-order valence-electron chi connectivity index (χ4n) is 0.237. The lowest BCUT2D eigenvalue weighted by Gasteiger charge is -2.02. The molecular weight excluding hydrogens is 143 g/mol. The molecule has 0 spiro atoms. The Hall–Kier alpha value is -1.06. The van der Waals surface area contributed by atoms with Crippen LogP contribution < -0.4 is 0 Å². The van der Waals surface area contributed by atoms with Crippen LogP contribution in [0.1, 0.15) is 0 Å². The lowest BCUT2D eigenvalue weighted by atomic mass is 10.3. The Morgan fingerprint density at radius 3 is 2.20 bits per heavy atom. The number of hydrogen-bond donors (Lipinski definition) is 0. The van der Waals surface area contributed by atoms with E-state index in [1.54, 1.807) is 0 Å². The van der Waals surface area contributed by atoms with E-state index in [1.165, 1.54) is 0 Å². The summed E-state index contributed by atoms with van der Waals surface area (Å²) in [7, 11) is 0. The third kappa shape index (κ3) is 3.06. The Morgan fingerprint density at radius 2 is 1.90 bits per heavy atom. The second-order valence-corrected chi connectivity index (χ2v) is 1.52. The molecular formula is C6H6F3N. The Labute approximate surface area is 56.6 Å². The fraction of sp³-hybridized carbons (Fsp3) is 0.167. The molecule has 0 aromatic heterocycles. The van der Waals surface area contributed by atoms with Crippen molar-refractivity contribution >= 4 is 6.72 Å². The highest BCUT2D eigenvalue weighted by Gasteiger charge is 2.29. The SMILES string of the molecule is C=N/C=C\C(=C)C(F)(F)F. The Morgan fingerprint density at radius 1 is 1.40 bits per heavy atom. The lowest BCUT2D eigenvalue weighted by molar-refractivity contribution is -0.0878. The normalized spacial score (nSPS) is 11.9. The number of halogens is 3. The second kappa shape index (κ2) is 3.20. The van der Waals surface area contributed by atoms with Crippen LogP contribution in [0.3, 0.4) is 0 Å². The maximum absolute atomic E-state index is 11.6. The van der Waals surface area contributed by atoms with Gasteiger partial charge in [0.05, 0.1) is 0 Å². The van der Waals surface area contributed by atoms with E-state index in [2.05, 4.69) is 18.3 Å². The smallest absolute Gasteiger partial charge is 0.272 e. The van der Waals surface area contributed by atoms with E-state index >= 15 is 0 Å². The van der Waals surface area contributed by atoms with Gasteiger partial charge < -0.3 is 0 Å². The van der Waals surface area contributed by atoms with Crippen molar-refractivity contribution in [2.75, 3.05) is 0 Å². The molecule has 0 aliphatic heterocycles. The van der Waals surface area contributed by atoms with E-state index in [4.69, 9.17) is 0 Å². The molecule has 0 saturated heterocycles. The summed E-state index contributed by atoms with van der Waals surface area (Å²) in [6.07, 6.45) is -2.66. The third-order valence-electron chi connectivity index (χ3n) is 0.745. The van der Waals surface area contributed by atoms with Crippen molar-refractivity contribution < 1.29 is 13.2 Å². The number of hydrogen-bond acceptors (Lipinski definition) is 1. The summed E-state index contributed by atoms with van der Waals surface area (Å²) >= 11 is 0. The molecule has 0 radical (unpaired) electrons. The van der Waals surface area contributed by atoms with Crippen LogP contribution in [0.2, 0.25) is 0 Å². The summed E-state index contributed by atoms with van der Waals surface area (Å²) in [5.41, 5.74) is -0.931. The largest absolute Gasteiger partial charge is 0.415 e. The Kier molecular flexibility index (Phi) is 2.86. The average Bonchev–Trinajstić information content (AvgIpc) is 1.80. The molecule has 0 rings (SSSR count). The van der Waals surface area contributed by atoms with Crippen molar-refractivity contribution in [3.8, 4) is 0 Å². The molecule has 4 heteroatoms. The van der Waals surface area contributed by atoms with Crippen LogP contribution in [0.15, 0.2) is 29.4 Å². The first-order valence-corrected chi connectivity index (χ1v) is 2.37. The van der Waals surface area contributed by atoms with Crippen LogP contribution in [-0.4, -0.2) is 12.9 Å². The number of nitrogens with zero attached hydrogens (tertiary/aromatic N) is 1.